The van der Waals surface area contributed by atoms with E-state index in [1.54, 1.807) is 22.9 Å². The van der Waals surface area contributed by atoms with E-state index in [1.165, 1.54) is 12.1 Å². The van der Waals surface area contributed by atoms with E-state index in [0.717, 1.165) is 23.2 Å². The maximum absolute atomic E-state index is 12.9. The first-order valence-corrected chi connectivity index (χ1v) is 9.53. The molecule has 1 aromatic heterocycles. The van der Waals surface area contributed by atoms with E-state index in [4.69, 9.17) is 0 Å². The van der Waals surface area contributed by atoms with Crippen molar-refractivity contribution in [2.24, 2.45) is 0 Å². The van der Waals surface area contributed by atoms with E-state index in [1.807, 2.05) is 45.9 Å². The van der Waals surface area contributed by atoms with Crippen LogP contribution in [0.2, 0.25) is 0 Å². The number of nitro benzene ring substituents is 1. The molecule has 7 heteroatoms. The molecule has 29 heavy (non-hydrogen) atoms. The summed E-state index contributed by atoms with van der Waals surface area (Å²) in [5, 5.41) is 18.6. The van der Waals surface area contributed by atoms with Crippen LogP contribution in [0.1, 0.15) is 41.9 Å². The average Bonchev–Trinajstić information content (AvgIpc) is 3.15. The molecule has 0 aliphatic heterocycles. The summed E-state index contributed by atoms with van der Waals surface area (Å²) in [5.41, 5.74) is 4.60. The molecule has 0 aliphatic carbocycles. The fourth-order valence-electron chi connectivity index (χ4n) is 2.97. The molecule has 3 aromatic rings. The molecule has 1 unspecified atom stereocenters. The Kier molecular flexibility index (Phi) is 5.77. The summed E-state index contributed by atoms with van der Waals surface area (Å²) in [4.78, 5) is 23.4. The highest BCUT2D eigenvalue weighted by atomic mass is 16.6. The van der Waals surface area contributed by atoms with E-state index in [2.05, 4.69) is 10.4 Å². The third kappa shape index (κ3) is 4.34. The number of rotatable bonds is 6. The Bertz CT molecular complexity index is 1050. The summed E-state index contributed by atoms with van der Waals surface area (Å²) >= 11 is 0. The van der Waals surface area contributed by atoms with E-state index in [0.29, 0.717) is 17.0 Å². The topological polar surface area (TPSA) is 90.1 Å². The Hall–Kier alpha value is -3.48. The van der Waals surface area contributed by atoms with Crippen molar-refractivity contribution in [2.45, 2.75) is 40.2 Å². The molecule has 1 atom stereocenters. The van der Waals surface area contributed by atoms with Crippen LogP contribution >= 0.6 is 0 Å². The third-order valence-corrected chi connectivity index (χ3v) is 4.90. The van der Waals surface area contributed by atoms with Crippen LogP contribution in [0, 0.1) is 24.0 Å². The minimum atomic E-state index is -0.441. The number of nitrogens with zero attached hydrogens (tertiary/aromatic N) is 3. The molecule has 7 nitrogen and oxygen atoms in total. The number of aryl methyl sites for hydroxylation is 2. The van der Waals surface area contributed by atoms with Crippen LogP contribution in [-0.4, -0.2) is 26.7 Å². The fourth-order valence-corrected chi connectivity index (χ4v) is 2.97. The van der Waals surface area contributed by atoms with Gasteiger partial charge in [-0.3, -0.25) is 14.9 Å². The van der Waals surface area contributed by atoms with Gasteiger partial charge in [-0.15, -0.1) is 0 Å². The number of nitro groups is 1. The first-order chi connectivity index (χ1) is 13.8. The number of aromatic nitrogens is 2. The number of amides is 1. The quantitative estimate of drug-likeness (QED) is 0.491. The van der Waals surface area contributed by atoms with Crippen LogP contribution in [0.3, 0.4) is 0 Å². The second-order valence-electron chi connectivity index (χ2n) is 7.20. The molecule has 0 radical (unpaired) electrons. The van der Waals surface area contributed by atoms with Crippen molar-refractivity contribution in [2.75, 3.05) is 0 Å². The fraction of sp³-hybridized carbons (Fsp3) is 0.273. The molecule has 0 spiro atoms. The zero-order valence-electron chi connectivity index (χ0n) is 17.0. The SMILES string of the molecule is CCC(C)NC(=O)c1cc(-c2ccc([N+](=O)[O-])cc2)nn1-c1cc(C)ccc1C. The van der Waals surface area contributed by atoms with Gasteiger partial charge in [-0.25, -0.2) is 4.68 Å². The predicted octanol–water partition coefficient (Wildman–Crippen LogP) is 4.59. The van der Waals surface area contributed by atoms with Crippen molar-refractivity contribution in [3.8, 4) is 16.9 Å². The van der Waals surface area contributed by atoms with Crippen molar-refractivity contribution in [1.29, 1.82) is 0 Å². The third-order valence-electron chi connectivity index (χ3n) is 4.90. The largest absolute Gasteiger partial charge is 0.348 e. The lowest BCUT2D eigenvalue weighted by molar-refractivity contribution is -0.384. The molecular weight excluding hydrogens is 368 g/mol. The summed E-state index contributed by atoms with van der Waals surface area (Å²) in [6.45, 7) is 7.92. The first kappa shape index (κ1) is 20.3. The number of hydrogen-bond donors (Lipinski definition) is 1. The smallest absolute Gasteiger partial charge is 0.270 e. The minimum absolute atomic E-state index is 0.0115. The van der Waals surface area contributed by atoms with E-state index in [9.17, 15) is 14.9 Å². The van der Waals surface area contributed by atoms with Gasteiger partial charge < -0.3 is 5.32 Å². The van der Waals surface area contributed by atoms with Gasteiger partial charge in [-0.1, -0.05) is 19.1 Å². The number of carbonyl (C=O) groups is 1. The van der Waals surface area contributed by atoms with Gasteiger partial charge in [0.25, 0.3) is 11.6 Å². The maximum Gasteiger partial charge on any atom is 0.270 e. The number of non-ortho nitro benzene ring substituents is 1. The highest BCUT2D eigenvalue weighted by Gasteiger charge is 2.20. The molecule has 3 rings (SSSR count). The Labute approximate surface area is 169 Å². The molecule has 0 aliphatic rings. The van der Waals surface area contributed by atoms with E-state index in [-0.39, 0.29) is 17.6 Å². The van der Waals surface area contributed by atoms with Crippen LogP contribution < -0.4 is 5.32 Å². The van der Waals surface area contributed by atoms with Gasteiger partial charge in [-0.2, -0.15) is 5.10 Å². The second-order valence-corrected chi connectivity index (χ2v) is 7.20. The summed E-state index contributed by atoms with van der Waals surface area (Å²) in [5.74, 6) is -0.207. The normalized spacial score (nSPS) is 11.9. The van der Waals surface area contributed by atoms with Gasteiger partial charge in [0.2, 0.25) is 0 Å². The second kappa shape index (κ2) is 8.26. The zero-order chi connectivity index (χ0) is 21.1. The Morgan fingerprint density at radius 1 is 1.17 bits per heavy atom. The van der Waals surface area contributed by atoms with Gasteiger partial charge in [-0.05, 0) is 62.6 Å². The standard InChI is InChI=1S/C22H24N4O3/c1-5-16(4)23-22(27)21-13-19(17-8-10-18(11-9-17)26(28)29)24-25(21)20-12-14(2)6-7-15(20)3/h6-13,16H,5H2,1-4H3,(H,23,27). The van der Waals surface area contributed by atoms with Crippen LogP contribution in [0.4, 0.5) is 5.69 Å². The van der Waals surface area contributed by atoms with Crippen molar-refractivity contribution in [3.05, 3.63) is 75.5 Å². The Morgan fingerprint density at radius 2 is 1.86 bits per heavy atom. The van der Waals surface area contributed by atoms with Gasteiger partial charge in [0.15, 0.2) is 0 Å². The molecule has 1 heterocycles. The van der Waals surface area contributed by atoms with Crippen LogP contribution in [0.25, 0.3) is 16.9 Å². The highest BCUT2D eigenvalue weighted by Crippen LogP contribution is 2.25. The summed E-state index contributed by atoms with van der Waals surface area (Å²) in [7, 11) is 0. The van der Waals surface area contributed by atoms with E-state index < -0.39 is 4.92 Å². The van der Waals surface area contributed by atoms with Gasteiger partial charge >= 0.3 is 0 Å². The van der Waals surface area contributed by atoms with Crippen LogP contribution in [0.5, 0.6) is 0 Å². The molecule has 0 fully saturated rings. The van der Waals surface area contributed by atoms with Crippen molar-refractivity contribution < 1.29 is 9.72 Å². The molecule has 0 saturated carbocycles. The minimum Gasteiger partial charge on any atom is -0.348 e. The molecule has 2 aromatic carbocycles. The zero-order valence-corrected chi connectivity index (χ0v) is 17.0. The molecule has 1 amide bonds. The van der Waals surface area contributed by atoms with Gasteiger partial charge in [0.1, 0.15) is 5.69 Å². The summed E-state index contributed by atoms with van der Waals surface area (Å²) in [6, 6.07) is 13.9. The lowest BCUT2D eigenvalue weighted by Crippen LogP contribution is -2.33. The summed E-state index contributed by atoms with van der Waals surface area (Å²) in [6.07, 6.45) is 0.818. The van der Waals surface area contributed by atoms with Crippen molar-refractivity contribution >= 4 is 11.6 Å². The van der Waals surface area contributed by atoms with Crippen molar-refractivity contribution in [3.63, 3.8) is 0 Å². The van der Waals surface area contributed by atoms with Gasteiger partial charge in [0.05, 0.1) is 16.3 Å². The number of nitrogens with one attached hydrogen (secondary N) is 1. The predicted molar refractivity (Wildman–Crippen MR) is 112 cm³/mol. The number of benzene rings is 2. The highest BCUT2D eigenvalue weighted by molar-refractivity contribution is 5.94. The average molecular weight is 392 g/mol. The van der Waals surface area contributed by atoms with Gasteiger partial charge in [0, 0.05) is 23.7 Å². The summed E-state index contributed by atoms with van der Waals surface area (Å²) < 4.78 is 1.65. The van der Waals surface area contributed by atoms with E-state index >= 15 is 0 Å². The number of hydrogen-bond acceptors (Lipinski definition) is 4. The molecular formula is C22H24N4O3. The number of carbonyl (C=O) groups excluding carboxylic acids is 1. The maximum atomic E-state index is 12.9. The lowest BCUT2D eigenvalue weighted by Gasteiger charge is -2.14. The molecule has 0 bridgehead atoms. The van der Waals surface area contributed by atoms with Crippen molar-refractivity contribution in [1.82, 2.24) is 15.1 Å². The molecule has 150 valence electrons. The van der Waals surface area contributed by atoms with Crippen LogP contribution in [0.15, 0.2) is 48.5 Å². The monoisotopic (exact) mass is 392 g/mol. The lowest BCUT2D eigenvalue weighted by atomic mass is 10.1. The first-order valence-electron chi connectivity index (χ1n) is 9.53. The molecule has 0 saturated heterocycles. The Morgan fingerprint density at radius 3 is 2.48 bits per heavy atom. The Balaban J connectivity index is 2.11. The molecule has 1 N–H and O–H groups in total. The van der Waals surface area contributed by atoms with Crippen LogP contribution in [-0.2, 0) is 0 Å².